The molecule has 0 fully saturated rings. The fraction of sp³-hybridized carbons (Fsp3) is 0.625. The molecule has 0 aliphatic heterocycles. The van der Waals surface area contributed by atoms with E-state index in [1.54, 1.807) is 6.07 Å². The van der Waals surface area contributed by atoms with E-state index in [4.69, 9.17) is 0 Å². The van der Waals surface area contributed by atoms with E-state index >= 15 is 0 Å². The molecule has 0 saturated heterocycles. The highest BCUT2D eigenvalue weighted by atomic mass is 16.2. The average molecular weight is 278 g/mol. The van der Waals surface area contributed by atoms with Crippen LogP contribution in [0.1, 0.15) is 68.1 Å². The SMILES string of the molecule is CCCC[C@@H](CC)NC(=O)c1cc(CC)c(C)[nH]c1=O. The molecular formula is C16H26N2O2. The fourth-order valence-corrected chi connectivity index (χ4v) is 2.29. The Kier molecular flexibility index (Phi) is 6.49. The summed E-state index contributed by atoms with van der Waals surface area (Å²) in [6.45, 7) is 8.06. The summed E-state index contributed by atoms with van der Waals surface area (Å²) in [5.74, 6) is -0.260. The van der Waals surface area contributed by atoms with Crippen LogP contribution in [0.3, 0.4) is 0 Å². The Labute approximate surface area is 121 Å². The quantitative estimate of drug-likeness (QED) is 0.805. The van der Waals surface area contributed by atoms with Crippen molar-refractivity contribution in [3.05, 3.63) is 33.2 Å². The van der Waals surface area contributed by atoms with Gasteiger partial charge < -0.3 is 10.3 Å². The highest BCUT2D eigenvalue weighted by molar-refractivity contribution is 5.94. The summed E-state index contributed by atoms with van der Waals surface area (Å²) in [5, 5.41) is 2.97. The minimum absolute atomic E-state index is 0.147. The van der Waals surface area contributed by atoms with Crippen LogP contribution >= 0.6 is 0 Å². The van der Waals surface area contributed by atoms with E-state index in [1.165, 1.54) is 0 Å². The van der Waals surface area contributed by atoms with Gasteiger partial charge in [0.05, 0.1) is 0 Å². The van der Waals surface area contributed by atoms with Crippen LogP contribution in [0, 0.1) is 6.92 Å². The van der Waals surface area contributed by atoms with Gasteiger partial charge in [-0.05, 0) is 37.8 Å². The first-order valence-corrected chi connectivity index (χ1v) is 7.57. The maximum Gasteiger partial charge on any atom is 0.261 e. The predicted molar refractivity (Wildman–Crippen MR) is 82.2 cm³/mol. The van der Waals surface area contributed by atoms with Gasteiger partial charge in [0.15, 0.2) is 0 Å². The molecule has 1 heterocycles. The Balaban J connectivity index is 2.89. The molecule has 4 nitrogen and oxygen atoms in total. The Bertz CT molecular complexity index is 506. The van der Waals surface area contributed by atoms with Gasteiger partial charge in [-0.25, -0.2) is 0 Å². The number of hydrogen-bond acceptors (Lipinski definition) is 2. The second-order valence-corrected chi connectivity index (χ2v) is 5.24. The number of hydrogen-bond donors (Lipinski definition) is 2. The van der Waals surface area contributed by atoms with Crippen LogP contribution in [0.4, 0.5) is 0 Å². The number of carbonyl (C=O) groups excluding carboxylic acids is 1. The van der Waals surface area contributed by atoms with Crippen molar-refractivity contribution < 1.29 is 4.79 Å². The molecular weight excluding hydrogens is 252 g/mol. The monoisotopic (exact) mass is 278 g/mol. The molecule has 1 atom stereocenters. The Morgan fingerprint density at radius 2 is 2.05 bits per heavy atom. The molecule has 20 heavy (non-hydrogen) atoms. The van der Waals surface area contributed by atoms with Crippen LogP contribution < -0.4 is 10.9 Å². The van der Waals surface area contributed by atoms with Gasteiger partial charge in [0.2, 0.25) is 0 Å². The van der Waals surface area contributed by atoms with E-state index in [0.29, 0.717) is 0 Å². The summed E-state index contributed by atoms with van der Waals surface area (Å²) in [5.41, 5.74) is 1.77. The Morgan fingerprint density at radius 3 is 2.60 bits per heavy atom. The molecule has 0 spiro atoms. The summed E-state index contributed by atoms with van der Waals surface area (Å²) in [4.78, 5) is 26.9. The zero-order valence-electron chi connectivity index (χ0n) is 13.0. The van der Waals surface area contributed by atoms with E-state index in [2.05, 4.69) is 24.1 Å². The summed E-state index contributed by atoms with van der Waals surface area (Å²) in [6, 6.07) is 1.86. The van der Waals surface area contributed by atoms with Gasteiger partial charge in [-0.15, -0.1) is 0 Å². The second-order valence-electron chi connectivity index (χ2n) is 5.24. The molecule has 0 bridgehead atoms. The first-order chi connectivity index (χ1) is 9.53. The van der Waals surface area contributed by atoms with Crippen LogP contribution in [-0.2, 0) is 6.42 Å². The van der Waals surface area contributed by atoms with E-state index in [-0.39, 0.29) is 23.1 Å². The minimum Gasteiger partial charge on any atom is -0.349 e. The van der Waals surface area contributed by atoms with Crippen molar-refractivity contribution in [3.63, 3.8) is 0 Å². The van der Waals surface area contributed by atoms with Crippen LogP contribution in [0.15, 0.2) is 10.9 Å². The lowest BCUT2D eigenvalue weighted by Crippen LogP contribution is -2.37. The molecule has 4 heteroatoms. The van der Waals surface area contributed by atoms with E-state index < -0.39 is 0 Å². The maximum atomic E-state index is 12.2. The zero-order valence-corrected chi connectivity index (χ0v) is 13.0. The second kappa shape index (κ2) is 7.88. The van der Waals surface area contributed by atoms with Crippen molar-refractivity contribution >= 4 is 5.91 Å². The van der Waals surface area contributed by atoms with E-state index in [9.17, 15) is 9.59 Å². The van der Waals surface area contributed by atoms with E-state index in [0.717, 1.165) is 43.4 Å². The van der Waals surface area contributed by atoms with Crippen LogP contribution in [0.5, 0.6) is 0 Å². The molecule has 0 radical (unpaired) electrons. The molecule has 112 valence electrons. The fourth-order valence-electron chi connectivity index (χ4n) is 2.29. The lowest BCUT2D eigenvalue weighted by atomic mass is 10.1. The van der Waals surface area contributed by atoms with Gasteiger partial charge in [0.1, 0.15) is 5.56 Å². The Hall–Kier alpha value is -1.58. The van der Waals surface area contributed by atoms with Gasteiger partial charge in [-0.1, -0.05) is 33.6 Å². The normalized spacial score (nSPS) is 12.2. The topological polar surface area (TPSA) is 62.0 Å². The number of nitrogens with one attached hydrogen (secondary N) is 2. The molecule has 0 aliphatic rings. The van der Waals surface area contributed by atoms with Crippen LogP contribution in [-0.4, -0.2) is 16.9 Å². The number of amides is 1. The molecule has 1 aromatic rings. The third-order valence-corrected chi connectivity index (χ3v) is 3.71. The highest BCUT2D eigenvalue weighted by Gasteiger charge is 2.16. The third kappa shape index (κ3) is 4.22. The standard InChI is InChI=1S/C16H26N2O2/c1-5-8-9-13(7-3)18-16(20)14-10-12(6-2)11(4)17-15(14)19/h10,13H,5-9H2,1-4H3,(H,17,19)(H,18,20)/t13-/m1/s1. The lowest BCUT2D eigenvalue weighted by molar-refractivity contribution is 0.0931. The summed E-state index contributed by atoms with van der Waals surface area (Å²) < 4.78 is 0. The van der Waals surface area contributed by atoms with Crippen LogP contribution in [0.2, 0.25) is 0 Å². The summed E-state index contributed by atoms with van der Waals surface area (Å²) in [6.07, 6.45) is 4.84. The lowest BCUT2D eigenvalue weighted by Gasteiger charge is -2.16. The van der Waals surface area contributed by atoms with Gasteiger partial charge in [-0.3, -0.25) is 9.59 Å². The van der Waals surface area contributed by atoms with Gasteiger partial charge in [0.25, 0.3) is 11.5 Å². The first-order valence-electron chi connectivity index (χ1n) is 7.57. The van der Waals surface area contributed by atoms with Gasteiger partial charge >= 0.3 is 0 Å². The van der Waals surface area contributed by atoms with Gasteiger partial charge in [-0.2, -0.15) is 0 Å². The third-order valence-electron chi connectivity index (χ3n) is 3.71. The number of aromatic nitrogens is 1. The van der Waals surface area contributed by atoms with Crippen molar-refractivity contribution in [3.8, 4) is 0 Å². The van der Waals surface area contributed by atoms with Crippen molar-refractivity contribution in [1.82, 2.24) is 10.3 Å². The smallest absolute Gasteiger partial charge is 0.261 e. The van der Waals surface area contributed by atoms with E-state index in [1.807, 2.05) is 13.8 Å². The number of pyridine rings is 1. The molecule has 1 aromatic heterocycles. The zero-order chi connectivity index (χ0) is 15.1. The number of H-pyrrole nitrogens is 1. The number of carbonyl (C=O) groups is 1. The maximum absolute atomic E-state index is 12.2. The number of aromatic amines is 1. The molecule has 0 unspecified atom stereocenters. The van der Waals surface area contributed by atoms with Crippen molar-refractivity contribution in [2.75, 3.05) is 0 Å². The van der Waals surface area contributed by atoms with Crippen LogP contribution in [0.25, 0.3) is 0 Å². The summed E-state index contributed by atoms with van der Waals surface area (Å²) >= 11 is 0. The molecule has 0 aromatic carbocycles. The first kappa shape index (κ1) is 16.5. The number of rotatable bonds is 7. The highest BCUT2D eigenvalue weighted by Crippen LogP contribution is 2.08. The minimum atomic E-state index is -0.303. The van der Waals surface area contributed by atoms with Crippen molar-refractivity contribution in [1.29, 1.82) is 0 Å². The molecule has 0 aliphatic carbocycles. The van der Waals surface area contributed by atoms with Crippen molar-refractivity contribution in [2.24, 2.45) is 0 Å². The number of aryl methyl sites for hydroxylation is 2. The molecule has 1 amide bonds. The molecule has 0 saturated carbocycles. The van der Waals surface area contributed by atoms with Gasteiger partial charge in [0, 0.05) is 11.7 Å². The summed E-state index contributed by atoms with van der Waals surface area (Å²) in [7, 11) is 0. The Morgan fingerprint density at radius 1 is 1.35 bits per heavy atom. The average Bonchev–Trinajstić information content (AvgIpc) is 2.43. The predicted octanol–water partition coefficient (Wildman–Crippen LogP) is 2.94. The van der Waals surface area contributed by atoms with Crippen molar-refractivity contribution in [2.45, 2.75) is 65.8 Å². The molecule has 2 N–H and O–H groups in total. The molecule has 1 rings (SSSR count). The largest absolute Gasteiger partial charge is 0.349 e. The number of unbranched alkanes of at least 4 members (excludes halogenated alkanes) is 1.